The second kappa shape index (κ2) is 13.0. The van der Waals surface area contributed by atoms with Crippen LogP contribution in [0.25, 0.3) is 0 Å². The van der Waals surface area contributed by atoms with E-state index >= 15 is 0 Å². The van der Waals surface area contributed by atoms with Gasteiger partial charge in [-0.1, -0.05) is 60.7 Å². The molecule has 2 rings (SSSR count). The maximum atomic E-state index is 14.0. The zero-order chi connectivity index (χ0) is 30.4. The number of aliphatic hydroxyl groups is 3. The van der Waals surface area contributed by atoms with Gasteiger partial charge in [0.05, 0.1) is 12.2 Å². The van der Waals surface area contributed by atoms with Crippen LogP contribution in [0.2, 0.25) is 0 Å². The Bertz CT molecular complexity index is 1030. The number of benzene rings is 2. The van der Waals surface area contributed by atoms with Gasteiger partial charge in [-0.15, -0.1) is 0 Å². The van der Waals surface area contributed by atoms with Crippen molar-refractivity contribution >= 4 is 11.8 Å². The van der Waals surface area contributed by atoms with Crippen LogP contribution in [-0.4, -0.2) is 85.1 Å². The third-order valence-electron chi connectivity index (χ3n) is 6.14. The lowest BCUT2D eigenvalue weighted by Crippen LogP contribution is -2.59. The average Bonchev–Trinajstić information content (AvgIpc) is 2.91. The first-order chi connectivity index (χ1) is 18.6. The van der Waals surface area contributed by atoms with E-state index in [4.69, 9.17) is 0 Å². The van der Waals surface area contributed by atoms with Crippen molar-refractivity contribution in [3.63, 3.8) is 0 Å². The summed E-state index contributed by atoms with van der Waals surface area (Å²) < 4.78 is 92.9. The average molecular weight is 582 g/mol. The first-order valence-corrected chi connectivity index (χ1v) is 11.6. The van der Waals surface area contributed by atoms with Crippen molar-refractivity contribution < 1.29 is 60.7 Å². The second-order valence-electron chi connectivity index (χ2n) is 8.54. The summed E-state index contributed by atoms with van der Waals surface area (Å²) in [6.45, 7) is -2.07. The molecular weight excluding hydrogens is 554 g/mol. The number of carbonyl (C=O) groups excluding carboxylic acids is 2. The molecule has 0 heterocycles. The SMILES string of the molecule is CO[C@@](C(=O)NC[C@H](O)C(O)[C@@H](O)CNC(=O)[C@](OC)(c1ccccc1)C(F)(F)F)(c1ccccc1)C(F)(F)F. The number of rotatable bonds is 12. The highest BCUT2D eigenvalue weighted by atomic mass is 19.4. The van der Waals surface area contributed by atoms with Crippen LogP contribution in [0.15, 0.2) is 60.7 Å². The van der Waals surface area contributed by atoms with Gasteiger partial charge in [-0.05, 0) is 0 Å². The van der Waals surface area contributed by atoms with Crippen LogP contribution >= 0.6 is 0 Å². The summed E-state index contributed by atoms with van der Waals surface area (Å²) in [4.78, 5) is 25.3. The molecule has 15 heteroatoms. The first-order valence-electron chi connectivity index (χ1n) is 11.6. The Morgan fingerprint density at radius 1 is 0.675 bits per heavy atom. The summed E-state index contributed by atoms with van der Waals surface area (Å²) in [5.41, 5.74) is -8.12. The molecule has 0 fully saturated rings. The van der Waals surface area contributed by atoms with Crippen molar-refractivity contribution in [3.8, 4) is 0 Å². The molecule has 2 aromatic rings. The van der Waals surface area contributed by atoms with E-state index < -0.39 is 77.9 Å². The number of halogens is 6. The standard InChI is InChI=1S/C25H28F6N2O7/c1-39-22(24(26,27)28,15-9-5-3-6-10-15)20(37)32-13-17(34)19(36)18(35)14-33-21(38)23(40-2,25(29,30)31)16-11-7-4-8-12-16/h3-12,17-19,34-36H,13-14H2,1-2H3,(H,32,37)(H,33,38)/t17-,18-,22+,23+/m0/s1. The van der Waals surface area contributed by atoms with E-state index in [0.29, 0.717) is 14.2 Å². The largest absolute Gasteiger partial charge is 0.430 e. The smallest absolute Gasteiger partial charge is 0.388 e. The molecular formula is C25H28F6N2O7. The molecule has 0 unspecified atom stereocenters. The van der Waals surface area contributed by atoms with E-state index in [1.54, 1.807) is 10.6 Å². The van der Waals surface area contributed by atoms with E-state index in [0.717, 1.165) is 24.3 Å². The minimum Gasteiger partial charge on any atom is -0.388 e. The van der Waals surface area contributed by atoms with Gasteiger partial charge in [0, 0.05) is 38.4 Å². The molecule has 0 aliphatic rings. The van der Waals surface area contributed by atoms with Gasteiger partial charge < -0.3 is 35.4 Å². The van der Waals surface area contributed by atoms with Crippen molar-refractivity contribution in [2.75, 3.05) is 27.3 Å². The number of carbonyl (C=O) groups is 2. The number of hydrogen-bond donors (Lipinski definition) is 5. The monoisotopic (exact) mass is 582 g/mol. The van der Waals surface area contributed by atoms with Crippen molar-refractivity contribution in [1.29, 1.82) is 0 Å². The highest BCUT2D eigenvalue weighted by molar-refractivity contribution is 5.88. The minimum absolute atomic E-state index is 0.579. The van der Waals surface area contributed by atoms with Crippen LogP contribution in [-0.2, 0) is 30.3 Å². The fourth-order valence-electron chi connectivity index (χ4n) is 3.99. The van der Waals surface area contributed by atoms with E-state index in [1.807, 2.05) is 0 Å². The van der Waals surface area contributed by atoms with Crippen molar-refractivity contribution in [2.45, 2.75) is 41.9 Å². The highest BCUT2D eigenvalue weighted by Crippen LogP contribution is 2.43. The zero-order valence-electron chi connectivity index (χ0n) is 21.2. The lowest BCUT2D eigenvalue weighted by Gasteiger charge is -2.34. The van der Waals surface area contributed by atoms with Gasteiger partial charge in [-0.2, -0.15) is 26.3 Å². The molecule has 2 aromatic carbocycles. The van der Waals surface area contributed by atoms with Gasteiger partial charge in [0.15, 0.2) is 0 Å². The summed E-state index contributed by atoms with van der Waals surface area (Å²) in [6, 6.07) is 11.7. The van der Waals surface area contributed by atoms with E-state index in [1.165, 1.54) is 36.4 Å². The molecule has 0 bridgehead atoms. The Hall–Kier alpha value is -3.24. The third kappa shape index (κ3) is 6.39. The summed E-state index contributed by atoms with van der Waals surface area (Å²) in [7, 11) is 1.29. The Labute approximate surface area is 224 Å². The molecule has 0 spiro atoms. The summed E-state index contributed by atoms with van der Waals surface area (Å²) in [6.07, 6.45) is -17.0. The van der Waals surface area contributed by atoms with Crippen LogP contribution in [0.3, 0.4) is 0 Å². The maximum absolute atomic E-state index is 14.0. The van der Waals surface area contributed by atoms with Crippen LogP contribution in [0.4, 0.5) is 26.3 Å². The molecule has 0 aromatic heterocycles. The molecule has 0 aliphatic heterocycles. The molecule has 2 amide bonds. The predicted octanol–water partition coefficient (Wildman–Crippen LogP) is 1.51. The van der Waals surface area contributed by atoms with E-state index in [9.17, 15) is 51.3 Å². The molecule has 0 aliphatic carbocycles. The number of amides is 2. The normalized spacial score (nSPS) is 16.9. The van der Waals surface area contributed by atoms with E-state index in [2.05, 4.69) is 9.47 Å². The van der Waals surface area contributed by atoms with Gasteiger partial charge in [-0.25, -0.2) is 0 Å². The minimum atomic E-state index is -5.26. The molecule has 222 valence electrons. The number of nitrogens with one attached hydrogen (secondary N) is 2. The van der Waals surface area contributed by atoms with Crippen LogP contribution in [0, 0.1) is 0 Å². The van der Waals surface area contributed by atoms with Crippen LogP contribution in [0.5, 0.6) is 0 Å². The summed E-state index contributed by atoms with van der Waals surface area (Å²) in [5, 5.41) is 34.1. The Morgan fingerprint density at radius 3 is 1.23 bits per heavy atom. The Balaban J connectivity index is 2.12. The molecule has 0 saturated heterocycles. The summed E-state index contributed by atoms with van der Waals surface area (Å²) >= 11 is 0. The number of methoxy groups -OCH3 is 2. The number of ether oxygens (including phenoxy) is 2. The molecule has 0 radical (unpaired) electrons. The number of aliphatic hydroxyl groups excluding tert-OH is 3. The van der Waals surface area contributed by atoms with Crippen molar-refractivity contribution in [2.24, 2.45) is 0 Å². The Morgan fingerprint density at radius 2 is 0.975 bits per heavy atom. The zero-order valence-corrected chi connectivity index (χ0v) is 21.2. The maximum Gasteiger partial charge on any atom is 0.430 e. The highest BCUT2D eigenvalue weighted by Gasteiger charge is 2.63. The quantitative estimate of drug-likeness (QED) is 0.239. The molecule has 9 nitrogen and oxygen atoms in total. The van der Waals surface area contributed by atoms with Gasteiger partial charge in [-0.3, -0.25) is 9.59 Å². The van der Waals surface area contributed by atoms with Gasteiger partial charge in [0.1, 0.15) is 6.10 Å². The molecule has 0 saturated carbocycles. The number of hydrogen-bond acceptors (Lipinski definition) is 7. The molecule has 5 N–H and O–H groups in total. The Kier molecular flexibility index (Phi) is 10.7. The first kappa shape index (κ1) is 33.0. The predicted molar refractivity (Wildman–Crippen MR) is 126 cm³/mol. The molecule has 4 atom stereocenters. The van der Waals surface area contributed by atoms with Crippen LogP contribution < -0.4 is 10.6 Å². The lowest BCUT2D eigenvalue weighted by atomic mass is 9.91. The second-order valence-corrected chi connectivity index (χ2v) is 8.54. The van der Waals surface area contributed by atoms with Gasteiger partial charge in [0.25, 0.3) is 23.0 Å². The number of alkyl halides is 6. The molecule has 40 heavy (non-hydrogen) atoms. The fraction of sp³-hybridized carbons (Fsp3) is 0.440. The summed E-state index contributed by atoms with van der Waals surface area (Å²) in [5.74, 6) is -3.50. The van der Waals surface area contributed by atoms with Gasteiger partial charge in [0.2, 0.25) is 0 Å². The fourth-order valence-corrected chi connectivity index (χ4v) is 3.99. The topological polar surface area (TPSA) is 137 Å². The van der Waals surface area contributed by atoms with Gasteiger partial charge >= 0.3 is 12.4 Å². The van der Waals surface area contributed by atoms with E-state index in [-0.39, 0.29) is 0 Å². The lowest BCUT2D eigenvalue weighted by molar-refractivity contribution is -0.266. The van der Waals surface area contributed by atoms with Crippen molar-refractivity contribution in [1.82, 2.24) is 10.6 Å². The third-order valence-corrected chi connectivity index (χ3v) is 6.14. The van der Waals surface area contributed by atoms with Crippen molar-refractivity contribution in [3.05, 3.63) is 71.8 Å². The van der Waals surface area contributed by atoms with Crippen LogP contribution in [0.1, 0.15) is 11.1 Å².